The highest BCUT2D eigenvalue weighted by Crippen LogP contribution is 2.64. The van der Waals surface area contributed by atoms with Gasteiger partial charge in [0.05, 0.1) is 16.7 Å². The largest absolute Gasteiger partial charge is 0.416 e. The van der Waals surface area contributed by atoms with Crippen LogP contribution in [0.1, 0.15) is 199 Å². The van der Waals surface area contributed by atoms with E-state index in [1.165, 1.54) is 112 Å². The summed E-state index contributed by atoms with van der Waals surface area (Å²) in [5, 5.41) is 35.1. The Hall–Kier alpha value is -10.6. The first-order valence-corrected chi connectivity index (χ1v) is 52.7. The summed E-state index contributed by atoms with van der Waals surface area (Å²) in [6.45, 7) is 10.1. The number of aryl methyl sites for hydroxylation is 5. The van der Waals surface area contributed by atoms with E-state index in [-0.39, 0.29) is 59.1 Å². The van der Waals surface area contributed by atoms with E-state index in [4.69, 9.17) is 62.1 Å². The van der Waals surface area contributed by atoms with Crippen molar-refractivity contribution in [3.63, 3.8) is 0 Å². The molecule has 36 heteroatoms. The van der Waals surface area contributed by atoms with Crippen LogP contribution < -0.4 is 28.7 Å². The molecule has 5 amide bonds. The van der Waals surface area contributed by atoms with Gasteiger partial charge in [0, 0.05) is 72.5 Å². The minimum absolute atomic E-state index is 0.0401. The summed E-state index contributed by atoms with van der Waals surface area (Å²) in [6.07, 6.45) is -0.490. The molecule has 0 radical (unpaired) electrons. The second kappa shape index (κ2) is 44.2. The van der Waals surface area contributed by atoms with Crippen LogP contribution in [0.2, 0.25) is 10.0 Å². The van der Waals surface area contributed by atoms with Crippen LogP contribution >= 0.6 is 82.0 Å². The first-order chi connectivity index (χ1) is 68.9. The number of alkyl halides is 9. The van der Waals surface area contributed by atoms with Gasteiger partial charge >= 0.3 is 18.5 Å². The number of carbonyl (C=O) groups excluding carboxylic acids is 5. The van der Waals surface area contributed by atoms with Crippen LogP contribution in [0.5, 0.6) is 0 Å². The molecule has 0 saturated heterocycles. The van der Waals surface area contributed by atoms with Crippen LogP contribution in [0.3, 0.4) is 0 Å². The van der Waals surface area contributed by atoms with E-state index < -0.39 is 59.6 Å². The second-order valence-electron chi connectivity index (χ2n) is 36.8. The van der Waals surface area contributed by atoms with Gasteiger partial charge in [-0.25, -0.2) is 25.0 Å². The lowest BCUT2D eigenvalue weighted by Gasteiger charge is -2.45. The van der Waals surface area contributed by atoms with Crippen molar-refractivity contribution in [1.29, 1.82) is 0 Å². The number of thioether (sulfide) groups is 5. The van der Waals surface area contributed by atoms with Gasteiger partial charge in [0.15, 0.2) is 0 Å². The van der Waals surface area contributed by atoms with E-state index in [1.807, 2.05) is 133 Å². The average Bonchev–Trinajstić information content (AvgIpc) is 1.57. The lowest BCUT2D eigenvalue weighted by molar-refractivity contribution is -0.138. The number of hydrogen-bond acceptors (Lipinski definition) is 20. The molecule has 5 aliphatic heterocycles. The van der Waals surface area contributed by atoms with Gasteiger partial charge in [-0.15, -0.1) is 0 Å². The van der Waals surface area contributed by atoms with Gasteiger partial charge in [0.1, 0.15) is 49.6 Å². The molecule has 0 aromatic heterocycles. The van der Waals surface area contributed by atoms with Crippen LogP contribution in [0.4, 0.5) is 39.5 Å². The number of amides is 5. The topological polar surface area (TPSA) is 293 Å². The van der Waals surface area contributed by atoms with Crippen molar-refractivity contribution >= 4 is 137 Å². The number of halogens is 11. The third-order valence-corrected chi connectivity index (χ3v) is 36.1. The minimum atomic E-state index is -4.45. The van der Waals surface area contributed by atoms with Gasteiger partial charge in [-0.1, -0.05) is 264 Å². The van der Waals surface area contributed by atoms with Gasteiger partial charge in [0.2, 0.25) is 29.5 Å². The number of benzene rings is 10. The Kier molecular flexibility index (Phi) is 32.6. The predicted octanol–water partition coefficient (Wildman–Crippen LogP) is 22.9. The van der Waals surface area contributed by atoms with Crippen LogP contribution in [-0.2, 0) is 99.0 Å². The van der Waals surface area contributed by atoms with E-state index in [1.54, 1.807) is 65.6 Å². The number of fused-ring (bicyclic) bond motifs is 10. The summed E-state index contributed by atoms with van der Waals surface area (Å²) in [5.41, 5.74) is 41.6. The molecule has 10 aromatic rings. The maximum Gasteiger partial charge on any atom is 0.416 e. The molecule has 5 heterocycles. The quantitative estimate of drug-likeness (QED) is 0.0596. The Balaban J connectivity index is 0.000000129. The third-order valence-electron chi connectivity index (χ3n) is 27.9. The van der Waals surface area contributed by atoms with Crippen LogP contribution in [-0.4, -0.2) is 113 Å². The fraction of sp³-hybridized carbons (Fsp3) is 0.352. The second-order valence-corrected chi connectivity index (χ2v) is 43.7. The third kappa shape index (κ3) is 20.8. The predicted molar refractivity (Wildman–Crippen MR) is 558 cm³/mol. The molecule has 144 heavy (non-hydrogen) atoms. The lowest BCUT2D eigenvalue weighted by Crippen LogP contribution is -2.49. The zero-order chi connectivity index (χ0) is 103. The van der Waals surface area contributed by atoms with Crippen molar-refractivity contribution in [2.45, 2.75) is 174 Å². The van der Waals surface area contributed by atoms with Crippen LogP contribution in [0, 0.1) is 29.6 Å². The smallest absolute Gasteiger partial charge is 0.330 e. The van der Waals surface area contributed by atoms with Crippen LogP contribution in [0.15, 0.2) is 268 Å². The van der Waals surface area contributed by atoms with E-state index >= 15 is 0 Å². The highest BCUT2D eigenvalue weighted by molar-refractivity contribution is 8.16. The Morgan fingerprint density at radius 2 is 0.465 bits per heavy atom. The highest BCUT2D eigenvalue weighted by Gasteiger charge is 2.61. The summed E-state index contributed by atoms with van der Waals surface area (Å²) < 4.78 is 119. The van der Waals surface area contributed by atoms with Gasteiger partial charge in [-0.05, 0) is 275 Å². The molecule has 0 fully saturated rings. The number of carbonyl (C=O) groups is 5. The van der Waals surface area contributed by atoms with Crippen molar-refractivity contribution in [3.05, 3.63) is 353 Å². The van der Waals surface area contributed by atoms with Crippen LogP contribution in [0.25, 0.3) is 0 Å². The molecule has 0 bridgehead atoms. The van der Waals surface area contributed by atoms with E-state index in [0.29, 0.717) is 93.9 Å². The Morgan fingerprint density at radius 1 is 0.285 bits per heavy atom. The fourth-order valence-electron chi connectivity index (χ4n) is 21.7. The lowest BCUT2D eigenvalue weighted by atomic mass is 9.77. The van der Waals surface area contributed by atoms with Crippen molar-refractivity contribution in [1.82, 2.24) is 25.0 Å². The van der Waals surface area contributed by atoms with Crippen molar-refractivity contribution in [2.24, 2.45) is 83.8 Å². The molecular formula is C108H110Cl2F9N15O5S5. The van der Waals surface area contributed by atoms with Crippen molar-refractivity contribution in [3.8, 4) is 0 Å². The Morgan fingerprint density at radius 3 is 0.639 bits per heavy atom. The monoisotopic (exact) mass is 2100 g/mol. The molecule has 0 unspecified atom stereocenters. The van der Waals surface area contributed by atoms with Gasteiger partial charge in [-0.3, -0.25) is 24.0 Å². The molecule has 10 aromatic carbocycles. The first-order valence-electron chi connectivity index (χ1n) is 47.8. The first kappa shape index (κ1) is 106. The molecule has 5 spiro atoms. The van der Waals surface area contributed by atoms with E-state index in [9.17, 15) is 63.5 Å². The normalized spacial score (nSPS) is 23.7. The number of rotatable bonds is 15. The van der Waals surface area contributed by atoms with Crippen molar-refractivity contribution < 1.29 is 63.5 Å². The maximum absolute atomic E-state index is 13.2. The van der Waals surface area contributed by atoms with E-state index in [0.717, 1.165) is 168 Å². The molecule has 5 aliphatic carbocycles. The standard InChI is InChI=1S/3C22H22F3N3OS.2C21H22ClN3OS/c3*1-14(29)28-21(17(11-12-26)10-9-15-5-2-3-8-19(15)21)30-20(27-28)16-6-4-7-18(13-16)22(23,24)25;2*1-14(26)25-21(27-20(24-25)16-6-4-7-18(22)13-16)17(11-12-23)10-9-15-5-2-3-8-19(15)21/h3*2-8,13,17H,9-12,26H2,1H3;2*2-8,13,17H,9-12,23H2,1H3/t2*17-,21+;17-,21-;2*17-,21+/m10110/s1. The summed E-state index contributed by atoms with van der Waals surface area (Å²) in [4.78, 5) is 59.9. The zero-order valence-corrected chi connectivity index (χ0v) is 85.3. The van der Waals surface area contributed by atoms with Gasteiger partial charge in [0.25, 0.3) is 0 Å². The summed E-state index contributed by atoms with van der Waals surface area (Å²) >= 11 is 19.8. The van der Waals surface area contributed by atoms with Crippen molar-refractivity contribution in [2.75, 3.05) is 32.7 Å². The Labute approximate surface area is 862 Å². The average molecular weight is 2100 g/mol. The van der Waals surface area contributed by atoms with E-state index in [2.05, 4.69) is 51.7 Å². The SMILES string of the molecule is CC(=O)N1N=C(c2cccc(C(F)(F)F)c2)S[C@@]12c1ccccc1CC[C@@H]2CCN.CC(=O)N1N=C(c2cccc(C(F)(F)F)c2)S[C@]12c1ccccc1CC[C@@H]2CCN.CC(=O)N1N=C(c2cccc(C(F)(F)F)c2)S[C@]12c1ccccc1CC[C@H]2CCN.CC(=O)N1N=C(c2cccc(Cl)c2)S[C@@]12c1ccccc1CC[C@@H]2CCN.CC(=O)N1N=C(c2cccc(Cl)c2)S[C@]12c1ccccc1CC[C@H]2CCN. The molecule has 10 N–H and O–H groups in total. The number of nitrogens with zero attached hydrogens (tertiary/aromatic N) is 10. The van der Waals surface area contributed by atoms with Gasteiger partial charge in [-0.2, -0.15) is 65.0 Å². The summed E-state index contributed by atoms with van der Waals surface area (Å²) in [5.74, 6) is -0.250. The molecule has 20 nitrogen and oxygen atoms in total. The summed E-state index contributed by atoms with van der Waals surface area (Å²) in [7, 11) is 0. The minimum Gasteiger partial charge on any atom is -0.330 e. The molecule has 754 valence electrons. The van der Waals surface area contributed by atoms with Gasteiger partial charge < -0.3 is 28.7 Å². The molecular weight excluding hydrogens is 1990 g/mol. The molecule has 10 atom stereocenters. The summed E-state index contributed by atoms with van der Waals surface area (Å²) in [6, 6.07) is 71.1. The molecule has 10 aliphatic rings. The fourth-order valence-corrected chi connectivity index (χ4v) is 30.2. The Bertz CT molecular complexity index is 6140. The zero-order valence-electron chi connectivity index (χ0n) is 79.7. The number of hydrazone groups is 5. The number of hydrogen-bond donors (Lipinski definition) is 5. The molecule has 0 saturated carbocycles. The molecule has 20 rings (SSSR count). The highest BCUT2D eigenvalue weighted by atomic mass is 35.5. The number of nitrogens with two attached hydrogens (primary N) is 5. The maximum atomic E-state index is 13.2.